The van der Waals surface area contributed by atoms with Crippen LogP contribution in [0.3, 0.4) is 0 Å². The standard InChI is InChI=1S/C7H11NO/c1-6-7(5-9)3-2-4-8-6/h2,4-8H,3H2,1H3. The van der Waals surface area contributed by atoms with Gasteiger partial charge in [-0.2, -0.15) is 0 Å². The molecule has 1 rings (SSSR count). The van der Waals surface area contributed by atoms with Crippen LogP contribution in [0.2, 0.25) is 0 Å². The SMILES string of the molecule is CC1NC=CCC1C=O. The third-order valence-electron chi connectivity index (χ3n) is 1.70. The number of allylic oxidation sites excluding steroid dienone is 1. The lowest BCUT2D eigenvalue weighted by Gasteiger charge is -2.21. The Hall–Kier alpha value is -0.790. The van der Waals surface area contributed by atoms with E-state index in [4.69, 9.17) is 0 Å². The fourth-order valence-electron chi connectivity index (χ4n) is 0.946. The summed E-state index contributed by atoms with van der Waals surface area (Å²) in [5, 5.41) is 3.07. The highest BCUT2D eigenvalue weighted by molar-refractivity contribution is 5.55. The van der Waals surface area contributed by atoms with Gasteiger partial charge in [-0.15, -0.1) is 0 Å². The van der Waals surface area contributed by atoms with E-state index in [1.165, 1.54) is 0 Å². The van der Waals surface area contributed by atoms with Crippen molar-refractivity contribution in [1.82, 2.24) is 5.32 Å². The number of hydrogen-bond donors (Lipinski definition) is 1. The van der Waals surface area contributed by atoms with Gasteiger partial charge >= 0.3 is 0 Å². The molecule has 1 N–H and O–H groups in total. The molecule has 9 heavy (non-hydrogen) atoms. The van der Waals surface area contributed by atoms with Crippen LogP contribution in [-0.2, 0) is 4.79 Å². The summed E-state index contributed by atoms with van der Waals surface area (Å²) in [7, 11) is 0. The van der Waals surface area contributed by atoms with Gasteiger partial charge in [-0.25, -0.2) is 0 Å². The highest BCUT2D eigenvalue weighted by Gasteiger charge is 2.15. The molecule has 50 valence electrons. The minimum atomic E-state index is 0.176. The molecular formula is C7H11NO. The summed E-state index contributed by atoms with van der Waals surface area (Å²) < 4.78 is 0. The minimum absolute atomic E-state index is 0.176. The van der Waals surface area contributed by atoms with Gasteiger partial charge in [0.25, 0.3) is 0 Å². The Kier molecular flexibility index (Phi) is 1.88. The van der Waals surface area contributed by atoms with E-state index in [1.807, 2.05) is 19.2 Å². The first-order valence-corrected chi connectivity index (χ1v) is 3.21. The van der Waals surface area contributed by atoms with Crippen LogP contribution in [0.1, 0.15) is 13.3 Å². The van der Waals surface area contributed by atoms with Crippen molar-refractivity contribution < 1.29 is 4.79 Å². The van der Waals surface area contributed by atoms with Crippen LogP contribution in [0.25, 0.3) is 0 Å². The van der Waals surface area contributed by atoms with Crippen LogP contribution in [-0.4, -0.2) is 12.3 Å². The lowest BCUT2D eigenvalue weighted by atomic mass is 9.97. The van der Waals surface area contributed by atoms with Crippen LogP contribution in [0.4, 0.5) is 0 Å². The Morgan fingerprint density at radius 3 is 3.00 bits per heavy atom. The summed E-state index contributed by atoms with van der Waals surface area (Å²) in [6, 6.07) is 0.312. The largest absolute Gasteiger partial charge is 0.388 e. The summed E-state index contributed by atoms with van der Waals surface area (Å²) in [5.74, 6) is 0.176. The second-order valence-corrected chi connectivity index (χ2v) is 2.39. The predicted molar refractivity (Wildman–Crippen MR) is 35.9 cm³/mol. The minimum Gasteiger partial charge on any atom is -0.388 e. The Morgan fingerprint density at radius 2 is 2.56 bits per heavy atom. The van der Waals surface area contributed by atoms with E-state index in [1.54, 1.807) is 0 Å². The molecule has 2 heteroatoms. The molecule has 1 aliphatic rings. The molecule has 0 aliphatic carbocycles. The first kappa shape index (κ1) is 6.33. The molecule has 0 saturated heterocycles. The van der Waals surface area contributed by atoms with E-state index in [0.29, 0.717) is 6.04 Å². The summed E-state index contributed by atoms with van der Waals surface area (Å²) in [6.45, 7) is 2.02. The Bertz CT molecular complexity index is 131. The van der Waals surface area contributed by atoms with E-state index in [9.17, 15) is 4.79 Å². The molecule has 2 unspecified atom stereocenters. The average molecular weight is 125 g/mol. The van der Waals surface area contributed by atoms with Crippen molar-refractivity contribution in [2.24, 2.45) is 5.92 Å². The topological polar surface area (TPSA) is 29.1 Å². The van der Waals surface area contributed by atoms with Gasteiger partial charge in [-0.05, 0) is 19.5 Å². The van der Waals surface area contributed by atoms with Crippen molar-refractivity contribution in [3.8, 4) is 0 Å². The van der Waals surface area contributed by atoms with Crippen LogP contribution in [0.5, 0.6) is 0 Å². The van der Waals surface area contributed by atoms with E-state index in [0.717, 1.165) is 12.7 Å². The molecule has 0 amide bonds. The molecule has 1 heterocycles. The zero-order valence-corrected chi connectivity index (χ0v) is 5.50. The second-order valence-electron chi connectivity index (χ2n) is 2.39. The zero-order valence-electron chi connectivity index (χ0n) is 5.50. The maximum Gasteiger partial charge on any atom is 0.125 e. The number of carbonyl (C=O) groups is 1. The highest BCUT2D eigenvalue weighted by Crippen LogP contribution is 2.10. The first-order chi connectivity index (χ1) is 4.34. The molecule has 0 bridgehead atoms. The van der Waals surface area contributed by atoms with Crippen LogP contribution in [0, 0.1) is 5.92 Å². The molecule has 0 radical (unpaired) electrons. The van der Waals surface area contributed by atoms with Gasteiger partial charge in [0.1, 0.15) is 6.29 Å². The molecule has 0 fully saturated rings. The van der Waals surface area contributed by atoms with Gasteiger partial charge in [-0.3, -0.25) is 0 Å². The Labute approximate surface area is 54.9 Å². The lowest BCUT2D eigenvalue weighted by molar-refractivity contribution is -0.111. The first-order valence-electron chi connectivity index (χ1n) is 3.21. The quantitative estimate of drug-likeness (QED) is 0.522. The van der Waals surface area contributed by atoms with Crippen LogP contribution < -0.4 is 5.32 Å². The number of carbonyl (C=O) groups excluding carboxylic acids is 1. The molecule has 2 nitrogen and oxygen atoms in total. The smallest absolute Gasteiger partial charge is 0.125 e. The van der Waals surface area contributed by atoms with Crippen molar-refractivity contribution in [2.45, 2.75) is 19.4 Å². The predicted octanol–water partition coefficient (Wildman–Crippen LogP) is 0.697. The Morgan fingerprint density at radius 1 is 1.78 bits per heavy atom. The van der Waals surface area contributed by atoms with Crippen LogP contribution >= 0.6 is 0 Å². The normalized spacial score (nSPS) is 33.4. The number of aldehydes is 1. The van der Waals surface area contributed by atoms with Gasteiger partial charge in [0.15, 0.2) is 0 Å². The van der Waals surface area contributed by atoms with E-state index >= 15 is 0 Å². The van der Waals surface area contributed by atoms with Gasteiger partial charge in [0, 0.05) is 12.0 Å². The van der Waals surface area contributed by atoms with Crippen molar-refractivity contribution in [3.63, 3.8) is 0 Å². The summed E-state index contributed by atoms with van der Waals surface area (Å²) in [6.07, 6.45) is 5.79. The molecular weight excluding hydrogens is 114 g/mol. The van der Waals surface area contributed by atoms with E-state index < -0.39 is 0 Å². The lowest BCUT2D eigenvalue weighted by Crippen LogP contribution is -2.33. The summed E-state index contributed by atoms with van der Waals surface area (Å²) in [5.41, 5.74) is 0. The van der Waals surface area contributed by atoms with Crippen molar-refractivity contribution >= 4 is 6.29 Å². The number of rotatable bonds is 1. The maximum absolute atomic E-state index is 10.3. The molecule has 0 saturated carbocycles. The number of nitrogens with one attached hydrogen (secondary N) is 1. The second kappa shape index (κ2) is 2.67. The van der Waals surface area contributed by atoms with Gasteiger partial charge in [0.05, 0.1) is 0 Å². The van der Waals surface area contributed by atoms with Gasteiger partial charge < -0.3 is 10.1 Å². The summed E-state index contributed by atoms with van der Waals surface area (Å²) >= 11 is 0. The molecule has 0 aromatic rings. The Balaban J connectivity index is 2.52. The third kappa shape index (κ3) is 1.31. The van der Waals surface area contributed by atoms with Crippen molar-refractivity contribution in [1.29, 1.82) is 0 Å². The third-order valence-corrected chi connectivity index (χ3v) is 1.70. The fourth-order valence-corrected chi connectivity index (χ4v) is 0.946. The molecule has 2 atom stereocenters. The highest BCUT2D eigenvalue weighted by atomic mass is 16.1. The van der Waals surface area contributed by atoms with E-state index in [-0.39, 0.29) is 5.92 Å². The van der Waals surface area contributed by atoms with Gasteiger partial charge in [-0.1, -0.05) is 6.08 Å². The van der Waals surface area contributed by atoms with Crippen molar-refractivity contribution in [2.75, 3.05) is 0 Å². The molecule has 0 aromatic carbocycles. The molecule has 0 spiro atoms. The van der Waals surface area contributed by atoms with E-state index in [2.05, 4.69) is 5.32 Å². The average Bonchev–Trinajstić information content (AvgIpc) is 1.89. The summed E-state index contributed by atoms with van der Waals surface area (Å²) in [4.78, 5) is 10.3. The fraction of sp³-hybridized carbons (Fsp3) is 0.571. The molecule has 1 aliphatic heterocycles. The maximum atomic E-state index is 10.3. The zero-order chi connectivity index (χ0) is 6.69. The van der Waals surface area contributed by atoms with Crippen molar-refractivity contribution in [3.05, 3.63) is 12.3 Å². The number of hydrogen-bond acceptors (Lipinski definition) is 2. The van der Waals surface area contributed by atoms with Gasteiger partial charge in [0.2, 0.25) is 0 Å². The van der Waals surface area contributed by atoms with Crippen LogP contribution in [0.15, 0.2) is 12.3 Å². The molecule has 0 aromatic heterocycles. The monoisotopic (exact) mass is 125 g/mol.